The van der Waals surface area contributed by atoms with Gasteiger partial charge < -0.3 is 15.0 Å². The highest BCUT2D eigenvalue weighted by molar-refractivity contribution is 6.07. The summed E-state index contributed by atoms with van der Waals surface area (Å²) < 4.78 is 2.23. The summed E-state index contributed by atoms with van der Waals surface area (Å²) in [4.78, 5) is 0. The van der Waals surface area contributed by atoms with Gasteiger partial charge in [0.1, 0.15) is 0 Å². The van der Waals surface area contributed by atoms with E-state index in [1.165, 1.54) is 32.9 Å². The zero-order valence-corrected chi connectivity index (χ0v) is 15.0. The number of aryl methyl sites for hydroxylation is 1. The summed E-state index contributed by atoms with van der Waals surface area (Å²) in [5.41, 5.74) is 4.84. The summed E-state index contributed by atoms with van der Waals surface area (Å²) in [6, 6.07) is 25.3. The highest BCUT2D eigenvalue weighted by Gasteiger charge is 2.13. The van der Waals surface area contributed by atoms with E-state index in [1.54, 1.807) is 0 Å². The van der Waals surface area contributed by atoms with E-state index >= 15 is 0 Å². The van der Waals surface area contributed by atoms with Crippen LogP contribution in [-0.2, 0) is 13.1 Å². The van der Waals surface area contributed by atoms with Gasteiger partial charge in [0.2, 0.25) is 0 Å². The minimum Gasteiger partial charge on any atom is -0.390 e. The predicted octanol–water partition coefficient (Wildman–Crippen LogP) is 4.25. The maximum Gasteiger partial charge on any atom is 0.0843 e. The van der Waals surface area contributed by atoms with Crippen LogP contribution < -0.4 is 5.32 Å². The van der Waals surface area contributed by atoms with E-state index in [-0.39, 0.29) is 0 Å². The first-order valence-electron chi connectivity index (χ1n) is 9.12. The van der Waals surface area contributed by atoms with E-state index in [0.29, 0.717) is 13.1 Å². The van der Waals surface area contributed by atoms with Gasteiger partial charge in [0, 0.05) is 34.9 Å². The standard InChI is InChI=1S/C23H24N2O/c1-17-10-12-18(13-11-17)14-24-15-19(26)16-25-22-8-4-2-6-20(22)21-7-3-5-9-23(21)25/h2-13,19,24,26H,14-16H2,1H3. The second-order valence-corrected chi connectivity index (χ2v) is 6.92. The summed E-state index contributed by atoms with van der Waals surface area (Å²) in [5.74, 6) is 0. The van der Waals surface area contributed by atoms with E-state index in [0.717, 1.165) is 6.54 Å². The van der Waals surface area contributed by atoms with Crippen LogP contribution in [0.15, 0.2) is 72.8 Å². The monoisotopic (exact) mass is 344 g/mol. The Morgan fingerprint density at radius 1 is 0.846 bits per heavy atom. The van der Waals surface area contributed by atoms with Gasteiger partial charge in [0.15, 0.2) is 0 Å². The zero-order chi connectivity index (χ0) is 17.9. The van der Waals surface area contributed by atoms with Gasteiger partial charge in [-0.2, -0.15) is 0 Å². The molecule has 0 amide bonds. The summed E-state index contributed by atoms with van der Waals surface area (Å²) in [7, 11) is 0. The number of hydrogen-bond acceptors (Lipinski definition) is 2. The molecular formula is C23H24N2O. The second kappa shape index (κ2) is 7.32. The molecule has 4 aromatic rings. The Hall–Kier alpha value is -2.62. The maximum atomic E-state index is 10.6. The van der Waals surface area contributed by atoms with Crippen LogP contribution in [0, 0.1) is 6.92 Å². The number of rotatable bonds is 6. The quantitative estimate of drug-likeness (QED) is 0.548. The lowest BCUT2D eigenvalue weighted by atomic mass is 10.1. The van der Waals surface area contributed by atoms with Crippen molar-refractivity contribution in [3.8, 4) is 0 Å². The molecule has 0 saturated heterocycles. The minimum absolute atomic E-state index is 0.445. The molecule has 3 nitrogen and oxygen atoms in total. The summed E-state index contributed by atoms with van der Waals surface area (Å²) in [6.07, 6.45) is -0.445. The molecule has 0 aliphatic rings. The Morgan fingerprint density at radius 3 is 2.04 bits per heavy atom. The largest absolute Gasteiger partial charge is 0.390 e. The SMILES string of the molecule is Cc1ccc(CNCC(O)Cn2c3ccccc3c3ccccc32)cc1. The molecule has 2 N–H and O–H groups in total. The average Bonchev–Trinajstić information content (AvgIpc) is 2.98. The first-order chi connectivity index (χ1) is 12.7. The molecule has 1 atom stereocenters. The van der Waals surface area contributed by atoms with Gasteiger partial charge >= 0.3 is 0 Å². The van der Waals surface area contributed by atoms with Crippen LogP contribution >= 0.6 is 0 Å². The lowest BCUT2D eigenvalue weighted by Crippen LogP contribution is -2.29. The molecule has 0 aliphatic heterocycles. The summed E-state index contributed by atoms with van der Waals surface area (Å²) >= 11 is 0. The van der Waals surface area contributed by atoms with Crippen LogP contribution in [0.3, 0.4) is 0 Å². The van der Waals surface area contributed by atoms with Gasteiger partial charge in [-0.1, -0.05) is 66.2 Å². The van der Waals surface area contributed by atoms with Crippen LogP contribution in [0.25, 0.3) is 21.8 Å². The number of nitrogens with zero attached hydrogens (tertiary/aromatic N) is 1. The molecule has 132 valence electrons. The van der Waals surface area contributed by atoms with Crippen molar-refractivity contribution in [2.24, 2.45) is 0 Å². The van der Waals surface area contributed by atoms with Crippen LogP contribution in [-0.4, -0.2) is 22.3 Å². The minimum atomic E-state index is -0.445. The Balaban J connectivity index is 1.48. The first kappa shape index (κ1) is 16.8. The Labute approximate surface area is 153 Å². The lowest BCUT2D eigenvalue weighted by Gasteiger charge is -2.15. The van der Waals surface area contributed by atoms with Gasteiger partial charge in [-0.25, -0.2) is 0 Å². The van der Waals surface area contributed by atoms with Crippen molar-refractivity contribution in [2.75, 3.05) is 6.54 Å². The molecule has 26 heavy (non-hydrogen) atoms. The van der Waals surface area contributed by atoms with Gasteiger partial charge in [-0.05, 0) is 24.6 Å². The number of aromatic nitrogens is 1. The molecule has 1 aromatic heterocycles. The third-order valence-electron chi connectivity index (χ3n) is 4.90. The Morgan fingerprint density at radius 2 is 1.42 bits per heavy atom. The highest BCUT2D eigenvalue weighted by atomic mass is 16.3. The lowest BCUT2D eigenvalue weighted by molar-refractivity contribution is 0.154. The smallest absolute Gasteiger partial charge is 0.0843 e. The van der Waals surface area contributed by atoms with E-state index in [2.05, 4.69) is 89.6 Å². The van der Waals surface area contributed by atoms with Crippen LogP contribution in [0.4, 0.5) is 0 Å². The fourth-order valence-electron chi connectivity index (χ4n) is 3.56. The zero-order valence-electron chi connectivity index (χ0n) is 15.0. The number of fused-ring (bicyclic) bond motifs is 3. The van der Waals surface area contributed by atoms with Gasteiger partial charge in [0.25, 0.3) is 0 Å². The summed E-state index contributed by atoms with van der Waals surface area (Å²) in [5, 5.41) is 16.4. The average molecular weight is 344 g/mol. The molecular weight excluding hydrogens is 320 g/mol. The van der Waals surface area contributed by atoms with E-state index < -0.39 is 6.10 Å². The third-order valence-corrected chi connectivity index (χ3v) is 4.90. The molecule has 0 aliphatic carbocycles. The number of nitrogens with one attached hydrogen (secondary N) is 1. The topological polar surface area (TPSA) is 37.2 Å². The Bertz CT molecular complexity index is 964. The third kappa shape index (κ3) is 3.36. The van der Waals surface area contributed by atoms with Gasteiger partial charge in [-0.3, -0.25) is 0 Å². The number of para-hydroxylation sites is 2. The maximum absolute atomic E-state index is 10.6. The van der Waals surface area contributed by atoms with Crippen molar-refractivity contribution >= 4 is 21.8 Å². The number of hydrogen-bond donors (Lipinski definition) is 2. The fraction of sp³-hybridized carbons (Fsp3) is 0.217. The van der Waals surface area contributed by atoms with Crippen molar-refractivity contribution in [3.63, 3.8) is 0 Å². The molecule has 0 radical (unpaired) electrons. The summed E-state index contributed by atoms with van der Waals surface area (Å²) in [6.45, 7) is 4.00. The number of benzene rings is 3. The second-order valence-electron chi connectivity index (χ2n) is 6.92. The van der Waals surface area contributed by atoms with E-state index in [1.807, 2.05) is 0 Å². The molecule has 1 heterocycles. The molecule has 0 fully saturated rings. The van der Waals surface area contributed by atoms with Crippen LogP contribution in [0.1, 0.15) is 11.1 Å². The van der Waals surface area contributed by atoms with Crippen molar-refractivity contribution < 1.29 is 5.11 Å². The number of aliphatic hydroxyl groups excluding tert-OH is 1. The van der Waals surface area contributed by atoms with Crippen molar-refractivity contribution in [1.29, 1.82) is 0 Å². The van der Waals surface area contributed by atoms with Gasteiger partial charge in [0.05, 0.1) is 12.6 Å². The molecule has 0 bridgehead atoms. The molecule has 0 spiro atoms. The van der Waals surface area contributed by atoms with Crippen molar-refractivity contribution in [2.45, 2.75) is 26.1 Å². The molecule has 3 heteroatoms. The van der Waals surface area contributed by atoms with E-state index in [4.69, 9.17) is 0 Å². The van der Waals surface area contributed by atoms with Crippen LogP contribution in [0.5, 0.6) is 0 Å². The van der Waals surface area contributed by atoms with Crippen LogP contribution in [0.2, 0.25) is 0 Å². The van der Waals surface area contributed by atoms with E-state index in [9.17, 15) is 5.11 Å². The predicted molar refractivity (Wildman–Crippen MR) is 108 cm³/mol. The molecule has 4 rings (SSSR count). The first-order valence-corrected chi connectivity index (χ1v) is 9.12. The van der Waals surface area contributed by atoms with Crippen molar-refractivity contribution in [3.05, 3.63) is 83.9 Å². The highest BCUT2D eigenvalue weighted by Crippen LogP contribution is 2.28. The van der Waals surface area contributed by atoms with Gasteiger partial charge in [-0.15, -0.1) is 0 Å². The fourth-order valence-corrected chi connectivity index (χ4v) is 3.56. The van der Waals surface area contributed by atoms with Crippen molar-refractivity contribution in [1.82, 2.24) is 9.88 Å². The molecule has 3 aromatic carbocycles. The molecule has 1 unspecified atom stereocenters. The molecule has 0 saturated carbocycles. The normalized spacial score (nSPS) is 12.7. The number of aliphatic hydroxyl groups is 1. The Kier molecular flexibility index (Phi) is 4.74.